The van der Waals surface area contributed by atoms with Gasteiger partial charge in [0.05, 0.1) is 6.54 Å². The van der Waals surface area contributed by atoms with Gasteiger partial charge in [0.2, 0.25) is 5.91 Å². The first-order chi connectivity index (χ1) is 11.6. The van der Waals surface area contributed by atoms with Crippen LogP contribution in [0.15, 0.2) is 0 Å². The summed E-state index contributed by atoms with van der Waals surface area (Å²) in [5.74, 6) is -0.110. The van der Waals surface area contributed by atoms with Gasteiger partial charge in [0.25, 0.3) is 0 Å². The highest BCUT2D eigenvalue weighted by molar-refractivity contribution is 7.43. The van der Waals surface area contributed by atoms with Crippen molar-refractivity contribution in [2.75, 3.05) is 32.7 Å². The lowest BCUT2D eigenvalue weighted by molar-refractivity contribution is -0.135. The molecule has 146 valence electrons. The van der Waals surface area contributed by atoms with Gasteiger partial charge in [-0.05, 0) is 57.5 Å². The third-order valence-corrected chi connectivity index (χ3v) is 6.76. The number of nitrogens with zero attached hydrogens (tertiary/aromatic N) is 1. The first kappa shape index (κ1) is 22.4. The number of nitrogens with one attached hydrogen (secondary N) is 2. The van der Waals surface area contributed by atoms with E-state index >= 15 is 0 Å². The Bertz CT molecular complexity index is 461. The molecule has 0 radical (unpaired) electrons. The lowest BCUT2D eigenvalue weighted by Gasteiger charge is -2.32. The summed E-state index contributed by atoms with van der Waals surface area (Å²) in [4.78, 5) is 24.8. The van der Waals surface area contributed by atoms with Crippen molar-refractivity contribution in [3.63, 3.8) is 0 Å². The molecule has 2 aliphatic rings. The zero-order valence-corrected chi connectivity index (χ0v) is 16.5. The van der Waals surface area contributed by atoms with Crippen LogP contribution in [-0.4, -0.2) is 60.3 Å². The van der Waals surface area contributed by atoms with E-state index in [1.807, 2.05) is 4.90 Å². The highest BCUT2D eigenvalue weighted by Crippen LogP contribution is 2.31. The van der Waals surface area contributed by atoms with E-state index in [2.05, 4.69) is 10.4 Å². The van der Waals surface area contributed by atoms with Gasteiger partial charge in [-0.25, -0.2) is 0 Å². The van der Waals surface area contributed by atoms with Crippen molar-refractivity contribution in [1.29, 1.82) is 0 Å². The number of rotatable bonds is 8. The molecule has 0 aromatic rings. The van der Waals surface area contributed by atoms with E-state index < -0.39 is 13.9 Å². The fraction of sp³-hybridized carbons (Fsp3) is 0.875. The van der Waals surface area contributed by atoms with Crippen LogP contribution in [0.4, 0.5) is 0 Å². The molecule has 0 aromatic carbocycles. The zero-order valence-electron chi connectivity index (χ0n) is 14.7. The molecule has 2 aliphatic heterocycles. The minimum atomic E-state index is -2.17. The third-order valence-electron chi connectivity index (χ3n) is 5.02. The Morgan fingerprint density at radius 1 is 1.24 bits per heavy atom. The molecule has 2 heterocycles. The summed E-state index contributed by atoms with van der Waals surface area (Å²) in [5.41, 5.74) is -0.100. The zero-order chi connectivity index (χ0) is 17.4. The molecule has 0 saturated carbocycles. The number of carbonyl (C=O) groups excluding carboxylic acids is 1. The number of hydrogen-bond acceptors (Lipinski definition) is 4. The van der Waals surface area contributed by atoms with Crippen molar-refractivity contribution >= 4 is 32.2 Å². The quantitative estimate of drug-likeness (QED) is 0.541. The van der Waals surface area contributed by atoms with E-state index in [9.17, 15) is 14.2 Å². The fourth-order valence-electron chi connectivity index (χ4n) is 3.60. The van der Waals surface area contributed by atoms with Gasteiger partial charge in [0.15, 0.2) is 0 Å². The van der Waals surface area contributed by atoms with Crippen LogP contribution in [0.1, 0.15) is 44.9 Å². The smallest absolute Gasteiger partial charge is 0.317 e. The molecule has 9 heteroatoms. The van der Waals surface area contributed by atoms with E-state index in [1.54, 1.807) is 0 Å². The Balaban J connectivity index is 0.00000312. The largest absolute Gasteiger partial charge is 0.480 e. The Kier molecular flexibility index (Phi) is 10.7. The average molecular weight is 396 g/mol. The van der Waals surface area contributed by atoms with Crippen LogP contribution in [0.5, 0.6) is 0 Å². The highest BCUT2D eigenvalue weighted by atomic mass is 35.5. The second-order valence-electron chi connectivity index (χ2n) is 6.88. The maximum absolute atomic E-state index is 12.4. The van der Waals surface area contributed by atoms with Crippen LogP contribution in [0, 0.1) is 5.92 Å². The standard InChI is InChI=1S/C16H30N3O4P.ClH/c20-15(5-1-3-13-6-8-17-9-7-13)19-10-2-4-14(12-19)24(23)18-11-16(21)22;/h13-14,17,24H,1-12H2,(H,18,23)(H,21,22);1H. The summed E-state index contributed by atoms with van der Waals surface area (Å²) < 4.78 is 12.2. The van der Waals surface area contributed by atoms with Gasteiger partial charge in [-0.15, -0.1) is 12.4 Å². The first-order valence-corrected chi connectivity index (χ1v) is 10.5. The van der Waals surface area contributed by atoms with E-state index in [1.165, 1.54) is 12.8 Å². The Hall–Kier alpha value is -0.620. The van der Waals surface area contributed by atoms with Crippen LogP contribution in [0.25, 0.3) is 0 Å². The van der Waals surface area contributed by atoms with Crippen molar-refractivity contribution in [3.05, 3.63) is 0 Å². The lowest BCUT2D eigenvalue weighted by Crippen LogP contribution is -2.42. The Morgan fingerprint density at radius 2 is 1.96 bits per heavy atom. The fourth-order valence-corrected chi connectivity index (χ4v) is 5.06. The van der Waals surface area contributed by atoms with Crippen LogP contribution < -0.4 is 10.4 Å². The number of amides is 1. The van der Waals surface area contributed by atoms with Crippen LogP contribution in [-0.2, 0) is 14.2 Å². The van der Waals surface area contributed by atoms with Crippen LogP contribution in [0.2, 0.25) is 0 Å². The van der Waals surface area contributed by atoms with Gasteiger partial charge in [0.1, 0.15) is 7.95 Å². The van der Waals surface area contributed by atoms with Gasteiger partial charge in [-0.3, -0.25) is 14.7 Å². The van der Waals surface area contributed by atoms with Gasteiger partial charge >= 0.3 is 5.97 Å². The average Bonchev–Trinajstić information content (AvgIpc) is 2.60. The Labute approximate surface area is 156 Å². The number of halogens is 1. The van der Waals surface area contributed by atoms with E-state index in [0.29, 0.717) is 13.0 Å². The molecule has 0 aromatic heterocycles. The number of hydrogen-bond donors (Lipinski definition) is 3. The molecule has 2 fully saturated rings. The summed E-state index contributed by atoms with van der Waals surface area (Å²) in [6, 6.07) is 0. The molecular formula is C16H31ClN3O4P. The number of aliphatic carboxylic acids is 1. The number of carbonyl (C=O) groups is 2. The predicted molar refractivity (Wildman–Crippen MR) is 101 cm³/mol. The van der Waals surface area contributed by atoms with E-state index in [0.717, 1.165) is 51.2 Å². The second kappa shape index (κ2) is 11.9. The summed E-state index contributed by atoms with van der Waals surface area (Å²) >= 11 is 0. The summed E-state index contributed by atoms with van der Waals surface area (Å²) in [6.07, 6.45) is 6.66. The molecule has 2 unspecified atom stereocenters. The maximum atomic E-state index is 12.4. The van der Waals surface area contributed by atoms with E-state index in [-0.39, 0.29) is 30.5 Å². The van der Waals surface area contributed by atoms with Crippen molar-refractivity contribution in [3.8, 4) is 0 Å². The second-order valence-corrected chi connectivity index (χ2v) is 8.77. The molecule has 3 N–H and O–H groups in total. The molecule has 0 spiro atoms. The minimum absolute atomic E-state index is 0. The summed E-state index contributed by atoms with van der Waals surface area (Å²) in [5, 5.41) is 14.6. The SMILES string of the molecule is Cl.O=C(O)CN[PH](=O)C1CCCN(C(=O)CCCC2CCNCC2)C1. The molecule has 1 amide bonds. The lowest BCUT2D eigenvalue weighted by atomic mass is 9.92. The summed E-state index contributed by atoms with van der Waals surface area (Å²) in [7, 11) is -2.17. The molecule has 2 rings (SSSR count). The highest BCUT2D eigenvalue weighted by Gasteiger charge is 2.27. The molecule has 0 bridgehead atoms. The van der Waals surface area contributed by atoms with Crippen molar-refractivity contribution in [2.45, 2.75) is 50.6 Å². The molecule has 25 heavy (non-hydrogen) atoms. The third kappa shape index (κ3) is 8.07. The number of likely N-dealkylation sites (tertiary alicyclic amines) is 1. The molecule has 7 nitrogen and oxygen atoms in total. The normalized spacial score (nSPS) is 22.9. The van der Waals surface area contributed by atoms with Crippen molar-refractivity contribution < 1.29 is 19.3 Å². The number of carboxylic acids is 1. The van der Waals surface area contributed by atoms with Crippen LogP contribution in [0.3, 0.4) is 0 Å². The predicted octanol–water partition coefficient (Wildman–Crippen LogP) is 1.72. The summed E-state index contributed by atoms with van der Waals surface area (Å²) in [6.45, 7) is 3.12. The van der Waals surface area contributed by atoms with Gasteiger partial charge in [-0.2, -0.15) is 0 Å². The Morgan fingerprint density at radius 3 is 2.64 bits per heavy atom. The first-order valence-electron chi connectivity index (χ1n) is 9.04. The van der Waals surface area contributed by atoms with Gasteiger partial charge in [0, 0.05) is 25.2 Å². The molecule has 2 atom stereocenters. The van der Waals surface area contributed by atoms with Crippen molar-refractivity contribution in [2.24, 2.45) is 5.92 Å². The molecular weight excluding hydrogens is 365 g/mol. The molecule has 2 saturated heterocycles. The van der Waals surface area contributed by atoms with Gasteiger partial charge in [-0.1, -0.05) is 0 Å². The maximum Gasteiger partial charge on any atom is 0.317 e. The number of carboxylic acid groups (broad SMARTS) is 1. The van der Waals surface area contributed by atoms with Crippen molar-refractivity contribution in [1.82, 2.24) is 15.3 Å². The van der Waals surface area contributed by atoms with Crippen LogP contribution >= 0.6 is 20.4 Å². The topological polar surface area (TPSA) is 98.7 Å². The number of piperidine rings is 2. The molecule has 0 aliphatic carbocycles. The monoisotopic (exact) mass is 395 g/mol. The van der Waals surface area contributed by atoms with Gasteiger partial charge < -0.3 is 19.9 Å². The minimum Gasteiger partial charge on any atom is -0.480 e. The van der Waals surface area contributed by atoms with E-state index in [4.69, 9.17) is 5.11 Å².